The van der Waals surface area contributed by atoms with E-state index in [0.717, 1.165) is 5.56 Å². The van der Waals surface area contributed by atoms with Gasteiger partial charge in [0.1, 0.15) is 17.1 Å². The van der Waals surface area contributed by atoms with E-state index in [9.17, 15) is 14.0 Å². The van der Waals surface area contributed by atoms with Crippen LogP contribution in [0.5, 0.6) is 5.75 Å². The molecule has 32 heavy (non-hydrogen) atoms. The van der Waals surface area contributed by atoms with E-state index >= 15 is 0 Å². The van der Waals surface area contributed by atoms with Crippen molar-refractivity contribution < 1.29 is 18.7 Å². The number of hydrogen-bond donors (Lipinski definition) is 1. The molecule has 0 aliphatic carbocycles. The highest BCUT2D eigenvalue weighted by atomic mass is 19.1. The lowest BCUT2D eigenvalue weighted by Gasteiger charge is -2.29. The molecule has 2 aromatic carbocycles. The number of nitrogens with two attached hydrogens (primary N) is 1. The summed E-state index contributed by atoms with van der Waals surface area (Å²) in [6.07, 6.45) is 0.632. The minimum absolute atomic E-state index is 0.0966. The number of halogens is 1. The third-order valence-corrected chi connectivity index (χ3v) is 5.66. The van der Waals surface area contributed by atoms with Gasteiger partial charge in [-0.1, -0.05) is 48.5 Å². The number of carbonyl (C=O) groups is 1. The number of aromatic nitrogens is 1. The lowest BCUT2D eigenvalue weighted by molar-refractivity contribution is -0.136. The van der Waals surface area contributed by atoms with Gasteiger partial charge in [-0.2, -0.15) is 0 Å². The Morgan fingerprint density at radius 3 is 2.53 bits per heavy atom. The predicted molar refractivity (Wildman–Crippen MR) is 118 cm³/mol. The van der Waals surface area contributed by atoms with Gasteiger partial charge in [0, 0.05) is 23.9 Å². The van der Waals surface area contributed by atoms with Crippen molar-refractivity contribution in [3.8, 4) is 5.75 Å². The Morgan fingerprint density at radius 1 is 1.16 bits per heavy atom. The number of methoxy groups -OCH3 is 1. The lowest BCUT2D eigenvalue weighted by atomic mass is 9.83. The summed E-state index contributed by atoms with van der Waals surface area (Å²) in [5.74, 6) is -2.39. The van der Waals surface area contributed by atoms with Crippen molar-refractivity contribution in [2.24, 2.45) is 5.73 Å². The topological polar surface area (TPSA) is 83.5 Å². The quantitative estimate of drug-likeness (QED) is 0.623. The minimum Gasteiger partial charge on any atom is -0.465 e. The Kier molecular flexibility index (Phi) is 5.81. The molecule has 0 saturated heterocycles. The molecule has 0 radical (unpaired) electrons. The fraction of sp³-hybridized carbons (Fsp3) is 0.200. The molecule has 0 spiro atoms. The van der Waals surface area contributed by atoms with Gasteiger partial charge in [-0.3, -0.25) is 4.79 Å². The number of nitrogens with zero attached hydrogens (tertiary/aromatic N) is 1. The number of benzene rings is 2. The highest BCUT2D eigenvalue weighted by Gasteiger charge is 2.39. The third kappa shape index (κ3) is 3.77. The second-order valence-electron chi connectivity index (χ2n) is 7.58. The first-order valence-corrected chi connectivity index (χ1v) is 10.2. The van der Waals surface area contributed by atoms with Crippen LogP contribution < -0.4 is 16.0 Å². The van der Waals surface area contributed by atoms with Crippen LogP contribution in [0, 0.1) is 12.7 Å². The first kappa shape index (κ1) is 21.4. The SMILES string of the molecule is COC(=O)C1=C(N)Oc2cc(C)n(CCc3ccccc3)c(=O)c2[C@H]1c1ccccc1F. The van der Waals surface area contributed by atoms with Crippen LogP contribution in [-0.2, 0) is 22.5 Å². The van der Waals surface area contributed by atoms with Gasteiger partial charge in [0.05, 0.1) is 18.6 Å². The van der Waals surface area contributed by atoms with Crippen LogP contribution >= 0.6 is 0 Å². The van der Waals surface area contributed by atoms with Crippen molar-refractivity contribution in [3.05, 3.63) is 111 Å². The number of rotatable bonds is 5. The molecule has 1 aliphatic heterocycles. The average Bonchev–Trinajstić information content (AvgIpc) is 2.78. The van der Waals surface area contributed by atoms with Crippen LogP contribution in [0.2, 0.25) is 0 Å². The summed E-state index contributed by atoms with van der Waals surface area (Å²) in [7, 11) is 1.20. The number of esters is 1. The number of hydrogen-bond acceptors (Lipinski definition) is 5. The average molecular weight is 434 g/mol. The Labute approximate surface area is 184 Å². The van der Waals surface area contributed by atoms with Crippen LogP contribution in [0.4, 0.5) is 4.39 Å². The molecule has 6 nitrogen and oxygen atoms in total. The molecule has 0 fully saturated rings. The van der Waals surface area contributed by atoms with Crippen LogP contribution in [0.1, 0.15) is 28.3 Å². The van der Waals surface area contributed by atoms with Crippen molar-refractivity contribution >= 4 is 5.97 Å². The maximum atomic E-state index is 14.9. The molecule has 0 bridgehead atoms. The van der Waals surface area contributed by atoms with Gasteiger partial charge in [-0.15, -0.1) is 0 Å². The number of carbonyl (C=O) groups excluding carboxylic acids is 1. The molecule has 2 heterocycles. The van der Waals surface area contributed by atoms with E-state index in [4.69, 9.17) is 15.2 Å². The minimum atomic E-state index is -1.05. The first-order chi connectivity index (χ1) is 15.4. The van der Waals surface area contributed by atoms with Crippen molar-refractivity contribution in [1.29, 1.82) is 0 Å². The number of pyridine rings is 1. The molecule has 1 atom stereocenters. The Balaban J connectivity index is 1.88. The van der Waals surface area contributed by atoms with Crippen molar-refractivity contribution in [1.82, 2.24) is 4.57 Å². The van der Waals surface area contributed by atoms with E-state index in [2.05, 4.69) is 0 Å². The van der Waals surface area contributed by atoms with E-state index in [0.29, 0.717) is 18.7 Å². The standard InChI is InChI=1S/C25H23FN2O4/c1-15-14-19-21(24(29)28(15)13-12-16-8-4-3-5-9-16)20(17-10-6-7-11-18(17)26)22(23(27)32-19)25(30)31-2/h3-11,14,20H,12-13,27H2,1-2H3/t20-/m1/s1. The van der Waals surface area contributed by atoms with Crippen LogP contribution in [0.25, 0.3) is 0 Å². The summed E-state index contributed by atoms with van der Waals surface area (Å²) in [6.45, 7) is 2.21. The van der Waals surface area contributed by atoms with E-state index in [-0.39, 0.29) is 33.9 Å². The maximum absolute atomic E-state index is 14.9. The van der Waals surface area contributed by atoms with E-state index in [1.807, 2.05) is 30.3 Å². The van der Waals surface area contributed by atoms with Gasteiger partial charge in [0.15, 0.2) is 0 Å². The molecule has 164 valence electrons. The molecule has 0 amide bonds. The van der Waals surface area contributed by atoms with Gasteiger partial charge in [0.25, 0.3) is 5.56 Å². The normalized spacial score (nSPS) is 15.2. The third-order valence-electron chi connectivity index (χ3n) is 5.66. The molecule has 7 heteroatoms. The predicted octanol–water partition coefficient (Wildman–Crippen LogP) is 3.41. The molecule has 0 unspecified atom stereocenters. The fourth-order valence-corrected chi connectivity index (χ4v) is 4.08. The van der Waals surface area contributed by atoms with Crippen molar-refractivity contribution in [3.63, 3.8) is 0 Å². The molecule has 4 rings (SSSR count). The zero-order valence-corrected chi connectivity index (χ0v) is 17.8. The highest BCUT2D eigenvalue weighted by molar-refractivity contribution is 5.92. The second-order valence-corrected chi connectivity index (χ2v) is 7.58. The zero-order valence-electron chi connectivity index (χ0n) is 17.8. The summed E-state index contributed by atoms with van der Waals surface area (Å²) in [5, 5.41) is 0. The molecule has 0 saturated carbocycles. The Morgan fingerprint density at radius 2 is 1.84 bits per heavy atom. The van der Waals surface area contributed by atoms with Crippen molar-refractivity contribution in [2.75, 3.05) is 7.11 Å². The zero-order chi connectivity index (χ0) is 22.8. The largest absolute Gasteiger partial charge is 0.465 e. The molecule has 2 N–H and O–H groups in total. The molecule has 3 aromatic rings. The first-order valence-electron chi connectivity index (χ1n) is 10.2. The number of ether oxygens (including phenoxy) is 2. The smallest absolute Gasteiger partial charge is 0.340 e. The molecular formula is C25H23FN2O4. The van der Waals surface area contributed by atoms with Gasteiger partial charge in [0.2, 0.25) is 5.88 Å². The summed E-state index contributed by atoms with van der Waals surface area (Å²) in [4.78, 5) is 26.2. The maximum Gasteiger partial charge on any atom is 0.340 e. The number of aryl methyl sites for hydroxylation is 2. The van der Waals surface area contributed by atoms with E-state index in [1.165, 1.54) is 25.3 Å². The van der Waals surface area contributed by atoms with Gasteiger partial charge in [-0.25, -0.2) is 9.18 Å². The molecular weight excluding hydrogens is 411 g/mol. The molecule has 1 aromatic heterocycles. The highest BCUT2D eigenvalue weighted by Crippen LogP contribution is 2.42. The van der Waals surface area contributed by atoms with Crippen molar-refractivity contribution in [2.45, 2.75) is 25.8 Å². The summed E-state index contributed by atoms with van der Waals surface area (Å²) in [5.41, 5.74) is 7.65. The van der Waals surface area contributed by atoms with Gasteiger partial charge in [-0.05, 0) is 25.0 Å². The fourth-order valence-electron chi connectivity index (χ4n) is 4.08. The summed E-state index contributed by atoms with van der Waals surface area (Å²) < 4.78 is 27.0. The molecule has 1 aliphatic rings. The summed E-state index contributed by atoms with van der Waals surface area (Å²) >= 11 is 0. The Hall–Kier alpha value is -3.87. The van der Waals surface area contributed by atoms with Crippen LogP contribution in [0.3, 0.4) is 0 Å². The van der Waals surface area contributed by atoms with Gasteiger partial charge < -0.3 is 19.8 Å². The van der Waals surface area contributed by atoms with Crippen LogP contribution in [0.15, 0.2) is 76.9 Å². The van der Waals surface area contributed by atoms with Gasteiger partial charge >= 0.3 is 5.97 Å². The van der Waals surface area contributed by atoms with E-state index in [1.54, 1.807) is 23.6 Å². The Bertz CT molecular complexity index is 1260. The monoisotopic (exact) mass is 434 g/mol. The summed E-state index contributed by atoms with van der Waals surface area (Å²) in [6, 6.07) is 17.5. The van der Waals surface area contributed by atoms with Crippen LogP contribution in [-0.4, -0.2) is 17.6 Å². The lowest BCUT2D eigenvalue weighted by Crippen LogP contribution is -2.35. The second kappa shape index (κ2) is 8.70. The number of fused-ring (bicyclic) bond motifs is 1. The van der Waals surface area contributed by atoms with E-state index < -0.39 is 17.7 Å².